The summed E-state index contributed by atoms with van der Waals surface area (Å²) in [7, 11) is 0. The van der Waals surface area contributed by atoms with Crippen molar-refractivity contribution in [2.45, 2.75) is 35.1 Å². The first-order valence-corrected chi connectivity index (χ1v) is 10.8. The summed E-state index contributed by atoms with van der Waals surface area (Å²) in [6.45, 7) is 2.13. The highest BCUT2D eigenvalue weighted by Gasteiger charge is 2.34. The van der Waals surface area contributed by atoms with Crippen molar-refractivity contribution in [3.8, 4) is 0 Å². The van der Waals surface area contributed by atoms with Gasteiger partial charge in [-0.2, -0.15) is 13.2 Å². The Labute approximate surface area is 181 Å². The molecule has 0 aromatic heterocycles. The number of rotatable bonds is 2. The van der Waals surface area contributed by atoms with E-state index >= 15 is 0 Å². The molecule has 2 aromatic carbocycles. The van der Waals surface area contributed by atoms with Crippen molar-refractivity contribution in [3.63, 3.8) is 0 Å². The summed E-state index contributed by atoms with van der Waals surface area (Å²) in [5.41, 5.74) is 2.61. The molecule has 0 amide bonds. The maximum absolute atomic E-state index is 13.9. The number of nitrogens with zero attached hydrogens (tertiary/aromatic N) is 1. The van der Waals surface area contributed by atoms with Crippen molar-refractivity contribution in [2.24, 2.45) is 0 Å². The maximum Gasteiger partial charge on any atom is 0.416 e. The number of fused-ring (bicyclic) bond motifs is 2. The van der Waals surface area contributed by atoms with Gasteiger partial charge in [-0.25, -0.2) is 4.39 Å². The van der Waals surface area contributed by atoms with Crippen LogP contribution in [0.25, 0.3) is 5.57 Å². The average molecular weight is 449 g/mol. The first-order valence-electron chi connectivity index (χ1n) is 9.98. The van der Waals surface area contributed by atoms with E-state index < -0.39 is 11.7 Å². The summed E-state index contributed by atoms with van der Waals surface area (Å²) in [6, 6.07) is 8.33. The molecule has 0 bridgehead atoms. The second kappa shape index (κ2) is 7.91. The van der Waals surface area contributed by atoms with Gasteiger partial charge in [0.05, 0.1) is 12.1 Å². The zero-order valence-electron chi connectivity index (χ0n) is 16.4. The number of likely N-dealkylation sites (tertiary alicyclic amines) is 1. The summed E-state index contributed by atoms with van der Waals surface area (Å²) in [4.78, 5) is 3.67. The van der Waals surface area contributed by atoms with E-state index in [4.69, 9.17) is 9.47 Å². The van der Waals surface area contributed by atoms with Gasteiger partial charge in [-0.1, -0.05) is 23.4 Å². The van der Waals surface area contributed by atoms with Gasteiger partial charge < -0.3 is 9.47 Å². The standard InChI is InChI=1S/C23H19F4NO2S/c24-16-2-3-17-20(12-16)31-19-4-1-15(23(25,26)27)11-18(19)22(17)14-5-7-28(8-6-14)13-21-29-9-10-30-21/h1-4,9-12,21H,5-8,13H2. The monoisotopic (exact) mass is 449 g/mol. The van der Waals surface area contributed by atoms with E-state index in [1.807, 2.05) is 0 Å². The maximum atomic E-state index is 13.9. The predicted molar refractivity (Wildman–Crippen MR) is 109 cm³/mol. The van der Waals surface area contributed by atoms with Gasteiger partial charge in [0.1, 0.15) is 18.3 Å². The topological polar surface area (TPSA) is 21.7 Å². The average Bonchev–Trinajstić information content (AvgIpc) is 3.24. The Bertz CT molecular complexity index is 1060. The quantitative estimate of drug-likeness (QED) is 0.444. The fourth-order valence-corrected chi connectivity index (χ4v) is 5.34. The van der Waals surface area contributed by atoms with Gasteiger partial charge in [-0.3, -0.25) is 4.90 Å². The van der Waals surface area contributed by atoms with E-state index in [9.17, 15) is 17.6 Å². The molecule has 0 spiro atoms. The van der Waals surface area contributed by atoms with Gasteiger partial charge in [0, 0.05) is 22.9 Å². The third kappa shape index (κ3) is 4.06. The van der Waals surface area contributed by atoms with Crippen LogP contribution in [0.1, 0.15) is 29.5 Å². The lowest BCUT2D eigenvalue weighted by Gasteiger charge is -2.33. The summed E-state index contributed by atoms with van der Waals surface area (Å²) in [5, 5.41) is 0. The van der Waals surface area contributed by atoms with E-state index in [0.717, 1.165) is 45.7 Å². The molecule has 8 heteroatoms. The summed E-state index contributed by atoms with van der Waals surface area (Å²) in [6.07, 6.45) is -0.268. The van der Waals surface area contributed by atoms with Crippen LogP contribution in [-0.4, -0.2) is 30.8 Å². The Hall–Kier alpha value is -2.45. The molecule has 3 heterocycles. The number of benzene rings is 2. The number of halogens is 4. The molecule has 0 saturated carbocycles. The summed E-state index contributed by atoms with van der Waals surface area (Å²) >= 11 is 1.31. The molecule has 0 radical (unpaired) electrons. The van der Waals surface area contributed by atoms with E-state index in [-0.39, 0.29) is 12.1 Å². The minimum Gasteiger partial charge on any atom is -0.458 e. The van der Waals surface area contributed by atoms with Crippen LogP contribution in [0.15, 0.2) is 64.3 Å². The zero-order chi connectivity index (χ0) is 21.6. The van der Waals surface area contributed by atoms with E-state index in [0.29, 0.717) is 24.9 Å². The van der Waals surface area contributed by atoms with Crippen LogP contribution in [0, 0.1) is 5.82 Å². The van der Waals surface area contributed by atoms with Crippen LogP contribution in [0.4, 0.5) is 17.6 Å². The molecule has 0 aliphatic carbocycles. The fraction of sp³-hybridized carbons (Fsp3) is 0.304. The normalized spacial score (nSPS) is 19.1. The van der Waals surface area contributed by atoms with Crippen LogP contribution < -0.4 is 0 Å². The van der Waals surface area contributed by atoms with Crippen LogP contribution in [0.2, 0.25) is 0 Å². The van der Waals surface area contributed by atoms with Crippen LogP contribution in [0.3, 0.4) is 0 Å². The fourth-order valence-electron chi connectivity index (χ4n) is 4.25. The lowest BCUT2D eigenvalue weighted by molar-refractivity contribution is -0.137. The van der Waals surface area contributed by atoms with E-state index in [2.05, 4.69) is 4.90 Å². The third-order valence-corrected chi connectivity index (χ3v) is 6.88. The summed E-state index contributed by atoms with van der Waals surface area (Å²) in [5.74, 6) is -0.356. The van der Waals surface area contributed by atoms with Crippen molar-refractivity contribution in [1.29, 1.82) is 0 Å². The molecule has 0 atom stereocenters. The molecule has 1 saturated heterocycles. The largest absolute Gasteiger partial charge is 0.458 e. The predicted octanol–water partition coefficient (Wildman–Crippen LogP) is 6.05. The zero-order valence-corrected chi connectivity index (χ0v) is 17.2. The molecule has 31 heavy (non-hydrogen) atoms. The molecule has 0 N–H and O–H groups in total. The second-order valence-electron chi connectivity index (χ2n) is 7.70. The van der Waals surface area contributed by atoms with Crippen LogP contribution in [0.5, 0.6) is 0 Å². The lowest BCUT2D eigenvalue weighted by atomic mass is 9.87. The highest BCUT2D eigenvalue weighted by molar-refractivity contribution is 7.99. The van der Waals surface area contributed by atoms with Crippen molar-refractivity contribution in [3.05, 3.63) is 77.0 Å². The number of hydrogen-bond acceptors (Lipinski definition) is 4. The van der Waals surface area contributed by atoms with Crippen molar-refractivity contribution < 1.29 is 27.0 Å². The van der Waals surface area contributed by atoms with Gasteiger partial charge in [-0.15, -0.1) is 0 Å². The van der Waals surface area contributed by atoms with Gasteiger partial charge in [0.25, 0.3) is 6.29 Å². The molecule has 162 valence electrons. The Balaban J connectivity index is 1.51. The molecular formula is C23H19F4NO2S. The van der Waals surface area contributed by atoms with Crippen molar-refractivity contribution >= 4 is 17.3 Å². The number of ether oxygens (including phenoxy) is 2. The van der Waals surface area contributed by atoms with Gasteiger partial charge >= 0.3 is 6.18 Å². The molecule has 1 fully saturated rings. The van der Waals surface area contributed by atoms with Crippen LogP contribution >= 0.6 is 11.8 Å². The second-order valence-corrected chi connectivity index (χ2v) is 8.79. The highest BCUT2D eigenvalue weighted by Crippen LogP contribution is 2.49. The molecular weight excluding hydrogens is 430 g/mol. The Morgan fingerprint density at radius 3 is 2.39 bits per heavy atom. The molecule has 0 unspecified atom stereocenters. The smallest absolute Gasteiger partial charge is 0.416 e. The number of alkyl halides is 3. The molecule has 3 aliphatic heterocycles. The van der Waals surface area contributed by atoms with Crippen molar-refractivity contribution in [1.82, 2.24) is 4.90 Å². The lowest BCUT2D eigenvalue weighted by Crippen LogP contribution is -2.37. The minimum atomic E-state index is -4.42. The SMILES string of the molecule is Fc1ccc2c(c1)Sc1ccc(C(F)(F)F)cc1C2=C1CCN(CC2OC=CO2)CC1. The van der Waals surface area contributed by atoms with Gasteiger partial charge in [0.15, 0.2) is 0 Å². The minimum absolute atomic E-state index is 0.320. The molecule has 3 aliphatic rings. The van der Waals surface area contributed by atoms with Gasteiger partial charge in [0.2, 0.25) is 0 Å². The molecule has 3 nitrogen and oxygen atoms in total. The first kappa shape index (κ1) is 20.5. The third-order valence-electron chi connectivity index (χ3n) is 5.75. The molecule has 2 aromatic rings. The Morgan fingerprint density at radius 1 is 0.935 bits per heavy atom. The Kier molecular flexibility index (Phi) is 5.22. The van der Waals surface area contributed by atoms with E-state index in [1.165, 1.54) is 48.6 Å². The first-order chi connectivity index (χ1) is 14.9. The Morgan fingerprint density at radius 2 is 1.68 bits per heavy atom. The van der Waals surface area contributed by atoms with Gasteiger partial charge in [-0.05, 0) is 59.9 Å². The number of piperidine rings is 1. The van der Waals surface area contributed by atoms with Crippen LogP contribution in [-0.2, 0) is 15.7 Å². The highest BCUT2D eigenvalue weighted by atomic mass is 32.2. The molecule has 5 rings (SSSR count). The summed E-state index contributed by atoms with van der Waals surface area (Å²) < 4.78 is 64.8. The van der Waals surface area contributed by atoms with Crippen molar-refractivity contribution in [2.75, 3.05) is 19.6 Å². The number of hydrogen-bond donors (Lipinski definition) is 0. The van der Waals surface area contributed by atoms with E-state index in [1.54, 1.807) is 6.07 Å².